The molecule has 0 fully saturated rings. The second kappa shape index (κ2) is 8.96. The maximum atomic E-state index is 11.5. The molecule has 5 heteroatoms. The highest BCUT2D eigenvalue weighted by atomic mass is 16.2. The van der Waals surface area contributed by atoms with Gasteiger partial charge in [-0.3, -0.25) is 4.79 Å². The fraction of sp³-hybridized carbons (Fsp3) is 0.467. The lowest BCUT2D eigenvalue weighted by molar-refractivity contribution is -0.120. The van der Waals surface area contributed by atoms with E-state index in [2.05, 4.69) is 28.1 Å². The third-order valence-electron chi connectivity index (χ3n) is 2.64. The Hall–Kier alpha value is -2.04. The van der Waals surface area contributed by atoms with Gasteiger partial charge in [-0.25, -0.2) is 4.79 Å². The van der Waals surface area contributed by atoms with Crippen LogP contribution in [0.2, 0.25) is 0 Å². The summed E-state index contributed by atoms with van der Waals surface area (Å²) in [6.45, 7) is 4.34. The summed E-state index contributed by atoms with van der Waals surface area (Å²) in [4.78, 5) is 22.8. The first-order valence-electron chi connectivity index (χ1n) is 6.93. The Labute approximate surface area is 120 Å². The summed E-state index contributed by atoms with van der Waals surface area (Å²) in [7, 11) is 0. The Balaban J connectivity index is 2.07. The molecule has 5 nitrogen and oxygen atoms in total. The van der Waals surface area contributed by atoms with E-state index >= 15 is 0 Å². The smallest absolute Gasteiger partial charge is 0.315 e. The molecule has 20 heavy (non-hydrogen) atoms. The summed E-state index contributed by atoms with van der Waals surface area (Å²) in [5.41, 5.74) is 1.26. The van der Waals surface area contributed by atoms with Crippen LogP contribution in [0.3, 0.4) is 0 Å². The van der Waals surface area contributed by atoms with Crippen LogP contribution in [0.15, 0.2) is 30.3 Å². The zero-order valence-electron chi connectivity index (χ0n) is 12.1. The monoisotopic (exact) mass is 277 g/mol. The molecule has 110 valence electrons. The van der Waals surface area contributed by atoms with Crippen molar-refractivity contribution in [3.8, 4) is 0 Å². The van der Waals surface area contributed by atoms with Gasteiger partial charge in [0.05, 0.1) is 6.54 Å². The second-order valence-corrected chi connectivity index (χ2v) is 4.92. The van der Waals surface area contributed by atoms with E-state index in [1.807, 2.05) is 32.0 Å². The van der Waals surface area contributed by atoms with Crippen LogP contribution < -0.4 is 16.0 Å². The average Bonchev–Trinajstić information content (AvgIpc) is 2.42. The normalized spacial score (nSPS) is 10.2. The van der Waals surface area contributed by atoms with Crippen molar-refractivity contribution in [2.45, 2.75) is 32.7 Å². The molecule has 3 N–H and O–H groups in total. The molecular weight excluding hydrogens is 254 g/mol. The summed E-state index contributed by atoms with van der Waals surface area (Å²) >= 11 is 0. The van der Waals surface area contributed by atoms with Crippen LogP contribution in [0.5, 0.6) is 0 Å². The SMILES string of the molecule is CC(C)NC(=O)NCC(=O)NCCCc1ccccc1. The quantitative estimate of drug-likeness (QED) is 0.660. The Morgan fingerprint density at radius 1 is 1.10 bits per heavy atom. The van der Waals surface area contributed by atoms with Crippen molar-refractivity contribution < 1.29 is 9.59 Å². The largest absolute Gasteiger partial charge is 0.355 e. The van der Waals surface area contributed by atoms with Crippen LogP contribution in [0.1, 0.15) is 25.8 Å². The highest BCUT2D eigenvalue weighted by Gasteiger charge is 2.05. The number of hydrogen-bond acceptors (Lipinski definition) is 2. The molecule has 0 aliphatic carbocycles. The predicted molar refractivity (Wildman–Crippen MR) is 79.4 cm³/mol. The lowest BCUT2D eigenvalue weighted by Gasteiger charge is -2.10. The zero-order valence-corrected chi connectivity index (χ0v) is 12.1. The Morgan fingerprint density at radius 3 is 2.45 bits per heavy atom. The van der Waals surface area contributed by atoms with Gasteiger partial charge in [0.1, 0.15) is 0 Å². The van der Waals surface area contributed by atoms with Gasteiger partial charge >= 0.3 is 6.03 Å². The molecule has 0 unspecified atom stereocenters. The molecular formula is C15H23N3O2. The summed E-state index contributed by atoms with van der Waals surface area (Å²) < 4.78 is 0. The van der Waals surface area contributed by atoms with Gasteiger partial charge in [0.25, 0.3) is 0 Å². The predicted octanol–water partition coefficient (Wildman–Crippen LogP) is 1.44. The fourth-order valence-corrected chi connectivity index (χ4v) is 1.70. The first-order valence-corrected chi connectivity index (χ1v) is 6.93. The van der Waals surface area contributed by atoms with Gasteiger partial charge in [-0.1, -0.05) is 30.3 Å². The molecule has 0 saturated carbocycles. The van der Waals surface area contributed by atoms with Gasteiger partial charge in [-0.05, 0) is 32.3 Å². The number of hydrogen-bond donors (Lipinski definition) is 3. The Kier molecular flexibility index (Phi) is 7.17. The first-order chi connectivity index (χ1) is 9.58. The molecule has 0 atom stereocenters. The minimum Gasteiger partial charge on any atom is -0.355 e. The highest BCUT2D eigenvalue weighted by molar-refractivity contribution is 5.83. The summed E-state index contributed by atoms with van der Waals surface area (Å²) in [6.07, 6.45) is 1.82. The molecule has 0 aromatic heterocycles. The third kappa shape index (κ3) is 7.41. The fourth-order valence-electron chi connectivity index (χ4n) is 1.70. The van der Waals surface area contributed by atoms with Crippen molar-refractivity contribution in [1.82, 2.24) is 16.0 Å². The van der Waals surface area contributed by atoms with Gasteiger partial charge in [0.15, 0.2) is 0 Å². The van der Waals surface area contributed by atoms with Gasteiger partial charge in [0.2, 0.25) is 5.91 Å². The number of rotatable bonds is 7. The average molecular weight is 277 g/mol. The number of carbonyl (C=O) groups excluding carboxylic acids is 2. The zero-order chi connectivity index (χ0) is 14.8. The molecule has 0 spiro atoms. The molecule has 1 rings (SSSR count). The van der Waals surface area contributed by atoms with Crippen molar-refractivity contribution in [3.63, 3.8) is 0 Å². The highest BCUT2D eigenvalue weighted by Crippen LogP contribution is 2.01. The van der Waals surface area contributed by atoms with Gasteiger partial charge in [-0.15, -0.1) is 0 Å². The molecule has 0 aliphatic heterocycles. The lowest BCUT2D eigenvalue weighted by atomic mass is 10.1. The molecule has 1 aromatic rings. The summed E-state index contributed by atoms with van der Waals surface area (Å²) in [5.74, 6) is -0.169. The van der Waals surface area contributed by atoms with Crippen LogP contribution in [-0.2, 0) is 11.2 Å². The van der Waals surface area contributed by atoms with E-state index in [1.165, 1.54) is 5.56 Å². The van der Waals surface area contributed by atoms with E-state index in [4.69, 9.17) is 0 Å². The van der Waals surface area contributed by atoms with Crippen molar-refractivity contribution in [1.29, 1.82) is 0 Å². The maximum absolute atomic E-state index is 11.5. The lowest BCUT2D eigenvalue weighted by Crippen LogP contribution is -2.44. The van der Waals surface area contributed by atoms with E-state index in [9.17, 15) is 9.59 Å². The minimum absolute atomic E-state index is 0.00386. The second-order valence-electron chi connectivity index (χ2n) is 4.92. The van der Waals surface area contributed by atoms with E-state index < -0.39 is 0 Å². The summed E-state index contributed by atoms with van der Waals surface area (Å²) in [6, 6.07) is 9.87. The number of aryl methyl sites for hydroxylation is 1. The topological polar surface area (TPSA) is 70.2 Å². The van der Waals surface area contributed by atoms with Crippen LogP contribution in [0.4, 0.5) is 4.79 Å². The van der Waals surface area contributed by atoms with E-state index in [-0.39, 0.29) is 24.5 Å². The molecule has 3 amide bonds. The van der Waals surface area contributed by atoms with Crippen LogP contribution in [-0.4, -0.2) is 31.1 Å². The number of amides is 3. The number of carbonyl (C=O) groups is 2. The third-order valence-corrected chi connectivity index (χ3v) is 2.64. The van der Waals surface area contributed by atoms with Crippen molar-refractivity contribution in [2.75, 3.05) is 13.1 Å². The first kappa shape index (κ1) is 16.0. The molecule has 0 radical (unpaired) electrons. The minimum atomic E-state index is -0.320. The molecule has 0 heterocycles. The molecule has 1 aromatic carbocycles. The van der Waals surface area contributed by atoms with Gasteiger partial charge in [-0.2, -0.15) is 0 Å². The number of urea groups is 1. The van der Waals surface area contributed by atoms with Crippen molar-refractivity contribution >= 4 is 11.9 Å². The Morgan fingerprint density at radius 2 is 1.80 bits per heavy atom. The molecule has 0 bridgehead atoms. The van der Waals surface area contributed by atoms with Crippen molar-refractivity contribution in [2.24, 2.45) is 0 Å². The van der Waals surface area contributed by atoms with Crippen LogP contribution >= 0.6 is 0 Å². The van der Waals surface area contributed by atoms with E-state index in [0.29, 0.717) is 6.54 Å². The van der Waals surface area contributed by atoms with Crippen LogP contribution in [0.25, 0.3) is 0 Å². The van der Waals surface area contributed by atoms with Gasteiger partial charge in [0, 0.05) is 12.6 Å². The van der Waals surface area contributed by atoms with Gasteiger partial charge < -0.3 is 16.0 Å². The number of nitrogens with one attached hydrogen (secondary N) is 3. The standard InChI is InChI=1S/C15H23N3O2/c1-12(2)18-15(20)17-11-14(19)16-10-6-9-13-7-4-3-5-8-13/h3-5,7-8,12H,6,9-11H2,1-2H3,(H,16,19)(H2,17,18,20). The van der Waals surface area contributed by atoms with E-state index in [0.717, 1.165) is 12.8 Å². The van der Waals surface area contributed by atoms with E-state index in [1.54, 1.807) is 0 Å². The molecule has 0 saturated heterocycles. The Bertz CT molecular complexity index is 418. The van der Waals surface area contributed by atoms with Crippen molar-refractivity contribution in [3.05, 3.63) is 35.9 Å². The van der Waals surface area contributed by atoms with Crippen LogP contribution in [0, 0.1) is 0 Å². The molecule has 0 aliphatic rings. The number of benzene rings is 1. The maximum Gasteiger partial charge on any atom is 0.315 e. The summed E-state index contributed by atoms with van der Waals surface area (Å²) in [5, 5.41) is 7.95.